The van der Waals surface area contributed by atoms with E-state index in [9.17, 15) is 0 Å². The maximum atomic E-state index is 4.95. The molecule has 0 aliphatic carbocycles. The van der Waals surface area contributed by atoms with Crippen molar-refractivity contribution in [2.75, 3.05) is 0 Å². The van der Waals surface area contributed by atoms with E-state index in [1.54, 1.807) is 6.08 Å². The summed E-state index contributed by atoms with van der Waals surface area (Å²) in [5, 5.41) is 0. The number of benzene rings is 5. The van der Waals surface area contributed by atoms with Crippen molar-refractivity contribution < 1.29 is 0 Å². The second-order valence-corrected chi connectivity index (χ2v) is 10.9. The first-order valence-electron chi connectivity index (χ1n) is 14.8. The lowest BCUT2D eigenvalue weighted by Gasteiger charge is -2.16. The fraction of sp³-hybridized carbons (Fsp3) is 0.195. The van der Waals surface area contributed by atoms with Gasteiger partial charge in [0.1, 0.15) is 0 Å². The molecule has 5 rings (SSSR count). The van der Waals surface area contributed by atoms with Crippen LogP contribution in [0.5, 0.6) is 0 Å². The molecule has 0 saturated carbocycles. The van der Waals surface area contributed by atoms with E-state index in [2.05, 4.69) is 157 Å². The summed E-state index contributed by atoms with van der Waals surface area (Å²) in [6, 6.07) is 42.6. The molecule has 5 aromatic rings. The molecule has 0 radical (unpaired) electrons. The van der Waals surface area contributed by atoms with E-state index in [0.29, 0.717) is 5.92 Å². The average Bonchev–Trinajstić information content (AvgIpc) is 3.00. The Balaban J connectivity index is 0.000000251. The van der Waals surface area contributed by atoms with Gasteiger partial charge in [-0.1, -0.05) is 141 Å². The predicted octanol–water partition coefficient (Wildman–Crippen LogP) is 12.1. The number of rotatable bonds is 5. The predicted molar refractivity (Wildman–Crippen MR) is 186 cm³/mol. The highest BCUT2D eigenvalue weighted by Gasteiger charge is 2.12. The number of nitrogens with zero attached hydrogens (tertiary/aromatic N) is 1. The van der Waals surface area contributed by atoms with Gasteiger partial charge >= 0.3 is 0 Å². The Labute approximate surface area is 254 Å². The minimum Gasteiger partial charge on any atom is -0.253 e. The lowest BCUT2D eigenvalue weighted by atomic mass is 9.89. The van der Waals surface area contributed by atoms with Gasteiger partial charge in [-0.05, 0) is 91.1 Å². The van der Waals surface area contributed by atoms with Crippen LogP contribution in [0.2, 0.25) is 0 Å². The van der Waals surface area contributed by atoms with Gasteiger partial charge in [0, 0.05) is 5.71 Å². The summed E-state index contributed by atoms with van der Waals surface area (Å²) in [4.78, 5) is 4.95. The number of hydrogen-bond acceptors (Lipinski definition) is 1. The zero-order valence-corrected chi connectivity index (χ0v) is 26.4. The normalized spacial score (nSPS) is 10.7. The summed E-state index contributed by atoms with van der Waals surface area (Å²) in [7, 11) is 0. The van der Waals surface area contributed by atoms with Crippen molar-refractivity contribution in [1.82, 2.24) is 0 Å². The topological polar surface area (TPSA) is 12.4 Å². The molecule has 0 atom stereocenters. The summed E-state index contributed by atoms with van der Waals surface area (Å²) in [5.74, 6) is 0.491. The van der Waals surface area contributed by atoms with Gasteiger partial charge in [-0.15, -0.1) is 6.58 Å². The number of hydrogen-bond donors (Lipinski definition) is 0. The van der Waals surface area contributed by atoms with Crippen LogP contribution in [0.3, 0.4) is 0 Å². The molecule has 0 saturated heterocycles. The van der Waals surface area contributed by atoms with Crippen molar-refractivity contribution in [3.8, 4) is 22.3 Å². The second-order valence-electron chi connectivity index (χ2n) is 10.9. The van der Waals surface area contributed by atoms with Crippen LogP contribution in [0.1, 0.15) is 61.4 Å². The smallest absolute Gasteiger partial charge is 0.0668 e. The summed E-state index contributed by atoms with van der Waals surface area (Å²) in [6.45, 7) is 18.3. The molecule has 1 nitrogen and oxygen atoms in total. The quantitative estimate of drug-likeness (QED) is 0.152. The van der Waals surface area contributed by atoms with Crippen LogP contribution in [0, 0.1) is 20.8 Å². The van der Waals surface area contributed by atoms with Crippen LogP contribution in [0.4, 0.5) is 5.69 Å². The van der Waals surface area contributed by atoms with E-state index in [4.69, 9.17) is 4.99 Å². The van der Waals surface area contributed by atoms with Gasteiger partial charge in [-0.3, -0.25) is 4.99 Å². The van der Waals surface area contributed by atoms with Gasteiger partial charge < -0.3 is 0 Å². The summed E-state index contributed by atoms with van der Waals surface area (Å²) in [6.07, 6.45) is 1.75. The Morgan fingerprint density at radius 3 is 1.76 bits per heavy atom. The highest BCUT2D eigenvalue weighted by molar-refractivity contribution is 6.00. The Bertz CT molecular complexity index is 1570. The van der Waals surface area contributed by atoms with E-state index in [1.165, 1.54) is 44.5 Å². The Morgan fingerprint density at radius 1 is 0.643 bits per heavy atom. The van der Waals surface area contributed by atoms with Gasteiger partial charge in [0.2, 0.25) is 0 Å². The van der Waals surface area contributed by atoms with Gasteiger partial charge in [0.15, 0.2) is 0 Å². The van der Waals surface area contributed by atoms with E-state index in [-0.39, 0.29) is 0 Å². The standard InChI is InChI=1S/C25H27N.C13H12.C3H6/c1-17(2)22-13-9-10-14-23(22)24-16-25(19(4)15-18(24)3)26-20(5)21-11-7-6-8-12-21;1-11-7-9-13(10-8-11)12-5-3-2-4-6-12;1-3-2/h6-17H,1-5H3;2-10H,1H3;3H,1H2,2H3. The molecule has 0 fully saturated rings. The van der Waals surface area contributed by atoms with Crippen molar-refractivity contribution in [3.63, 3.8) is 0 Å². The average molecular weight is 552 g/mol. The Kier molecular flexibility index (Phi) is 12.3. The van der Waals surface area contributed by atoms with Gasteiger partial charge in [0.25, 0.3) is 0 Å². The monoisotopic (exact) mass is 551 g/mol. The lowest BCUT2D eigenvalue weighted by molar-refractivity contribution is 0.869. The third-order valence-electron chi connectivity index (χ3n) is 7.05. The van der Waals surface area contributed by atoms with Gasteiger partial charge in [0.05, 0.1) is 5.69 Å². The molecule has 0 aliphatic rings. The largest absolute Gasteiger partial charge is 0.253 e. The van der Waals surface area contributed by atoms with Crippen molar-refractivity contribution in [2.24, 2.45) is 4.99 Å². The van der Waals surface area contributed by atoms with Crippen LogP contribution in [0.15, 0.2) is 139 Å². The van der Waals surface area contributed by atoms with Crippen molar-refractivity contribution in [2.45, 2.75) is 54.4 Å². The minimum atomic E-state index is 0.491. The zero-order chi connectivity index (χ0) is 30.5. The highest BCUT2D eigenvalue weighted by atomic mass is 14.7. The Morgan fingerprint density at radius 2 is 1.17 bits per heavy atom. The molecular weight excluding hydrogens is 506 g/mol. The first-order valence-corrected chi connectivity index (χ1v) is 14.8. The number of aliphatic imine (C=N–C) groups is 1. The third-order valence-corrected chi connectivity index (χ3v) is 7.05. The van der Waals surface area contributed by atoms with Crippen LogP contribution in [0.25, 0.3) is 22.3 Å². The molecule has 0 unspecified atom stereocenters. The zero-order valence-electron chi connectivity index (χ0n) is 26.4. The second kappa shape index (κ2) is 16.1. The van der Waals surface area contributed by atoms with E-state index >= 15 is 0 Å². The highest BCUT2D eigenvalue weighted by Crippen LogP contribution is 2.35. The summed E-state index contributed by atoms with van der Waals surface area (Å²) >= 11 is 0. The lowest BCUT2D eigenvalue weighted by Crippen LogP contribution is -1.96. The molecule has 0 N–H and O–H groups in total. The fourth-order valence-corrected chi connectivity index (χ4v) is 4.80. The maximum Gasteiger partial charge on any atom is 0.0668 e. The molecule has 0 spiro atoms. The minimum absolute atomic E-state index is 0.491. The van der Waals surface area contributed by atoms with E-state index in [0.717, 1.165) is 17.0 Å². The maximum absolute atomic E-state index is 4.95. The molecule has 5 aromatic carbocycles. The molecule has 1 heteroatoms. The van der Waals surface area contributed by atoms with Gasteiger partial charge in [-0.25, -0.2) is 0 Å². The molecule has 0 heterocycles. The van der Waals surface area contributed by atoms with Crippen LogP contribution in [-0.2, 0) is 0 Å². The van der Waals surface area contributed by atoms with Crippen molar-refractivity contribution in [3.05, 3.63) is 162 Å². The fourth-order valence-electron chi connectivity index (χ4n) is 4.80. The molecule has 0 bridgehead atoms. The molecule has 0 aliphatic heterocycles. The molecule has 42 heavy (non-hydrogen) atoms. The molecule has 0 aromatic heterocycles. The van der Waals surface area contributed by atoms with Gasteiger partial charge in [-0.2, -0.15) is 0 Å². The SMILES string of the molecule is C=CC.CC(=Nc1cc(-c2ccccc2C(C)C)c(C)cc1C)c1ccccc1.Cc1ccc(-c2ccccc2)cc1. The van der Waals surface area contributed by atoms with Crippen LogP contribution < -0.4 is 0 Å². The first-order chi connectivity index (χ1) is 20.2. The van der Waals surface area contributed by atoms with Crippen LogP contribution in [-0.4, -0.2) is 5.71 Å². The molecular formula is C41H45N. The van der Waals surface area contributed by atoms with E-state index in [1.807, 2.05) is 19.1 Å². The first kappa shape index (κ1) is 32.0. The Hall–Kier alpha value is -4.49. The third kappa shape index (κ3) is 9.01. The number of aryl methyl sites for hydroxylation is 3. The van der Waals surface area contributed by atoms with Crippen molar-refractivity contribution in [1.29, 1.82) is 0 Å². The summed E-state index contributed by atoms with van der Waals surface area (Å²) < 4.78 is 0. The number of allylic oxidation sites excluding steroid dienone is 1. The summed E-state index contributed by atoms with van der Waals surface area (Å²) in [5.41, 5.74) is 13.6. The molecule has 0 amide bonds. The van der Waals surface area contributed by atoms with Crippen LogP contribution >= 0.6 is 0 Å². The molecule has 214 valence electrons. The van der Waals surface area contributed by atoms with Crippen molar-refractivity contribution >= 4 is 11.4 Å². The van der Waals surface area contributed by atoms with E-state index < -0.39 is 0 Å².